The molecule has 24 heavy (non-hydrogen) atoms. The molecule has 0 unspecified atom stereocenters. The van der Waals surface area contributed by atoms with Gasteiger partial charge in [0.15, 0.2) is 12.4 Å². The van der Waals surface area contributed by atoms with Crippen LogP contribution in [0.2, 0.25) is 5.02 Å². The first-order chi connectivity index (χ1) is 11.6. The summed E-state index contributed by atoms with van der Waals surface area (Å²) in [7, 11) is 0. The van der Waals surface area contributed by atoms with E-state index in [1.807, 2.05) is 0 Å². The van der Waals surface area contributed by atoms with Crippen molar-refractivity contribution in [3.05, 3.63) is 59.0 Å². The first kappa shape index (κ1) is 17.6. The third-order valence-corrected chi connectivity index (χ3v) is 3.31. The van der Waals surface area contributed by atoms with Gasteiger partial charge in [-0.25, -0.2) is 0 Å². The minimum absolute atomic E-state index is 0.0836. The Morgan fingerprint density at radius 2 is 1.88 bits per heavy atom. The molecule has 0 spiro atoms. The average molecular weight is 351 g/mol. The van der Waals surface area contributed by atoms with Crippen molar-refractivity contribution in [3.63, 3.8) is 0 Å². The molecule has 2 N–H and O–H groups in total. The van der Waals surface area contributed by atoms with Crippen LogP contribution >= 0.6 is 11.6 Å². The Hall–Kier alpha value is -2.80. The lowest BCUT2D eigenvalue weighted by Gasteiger charge is -2.08. The molecule has 0 aliphatic heterocycles. The van der Waals surface area contributed by atoms with Gasteiger partial charge in [-0.15, -0.1) is 0 Å². The Balaban J connectivity index is 1.65. The number of furan rings is 1. The summed E-state index contributed by atoms with van der Waals surface area (Å²) in [5.74, 6) is -1.66. The van der Waals surface area contributed by atoms with Gasteiger partial charge < -0.3 is 19.8 Å². The Bertz CT molecular complexity index is 715. The fourth-order valence-electron chi connectivity index (χ4n) is 1.73. The predicted molar refractivity (Wildman–Crippen MR) is 85.3 cm³/mol. The maximum Gasteiger partial charge on any atom is 0.325 e. The number of ether oxygens (including phenoxy) is 1. The van der Waals surface area contributed by atoms with Gasteiger partial charge in [0.25, 0.3) is 11.8 Å². The summed E-state index contributed by atoms with van der Waals surface area (Å²) in [6.07, 6.45) is 1.34. The summed E-state index contributed by atoms with van der Waals surface area (Å²) in [6, 6.07) is 10.1. The smallest absolute Gasteiger partial charge is 0.325 e. The van der Waals surface area contributed by atoms with Crippen LogP contribution in [0.1, 0.15) is 16.1 Å². The van der Waals surface area contributed by atoms with Crippen molar-refractivity contribution >= 4 is 29.4 Å². The molecule has 2 rings (SSSR count). The van der Waals surface area contributed by atoms with Crippen molar-refractivity contribution in [1.29, 1.82) is 0 Å². The zero-order valence-corrected chi connectivity index (χ0v) is 13.3. The van der Waals surface area contributed by atoms with E-state index in [1.54, 1.807) is 30.3 Å². The van der Waals surface area contributed by atoms with Gasteiger partial charge in [-0.3, -0.25) is 14.4 Å². The normalized spacial score (nSPS) is 10.0. The van der Waals surface area contributed by atoms with E-state index >= 15 is 0 Å². The molecule has 0 fully saturated rings. The summed E-state index contributed by atoms with van der Waals surface area (Å²) in [5, 5.41) is 5.43. The maximum absolute atomic E-state index is 11.6. The molecule has 1 heterocycles. The number of hydrogen-bond donors (Lipinski definition) is 2. The highest BCUT2D eigenvalue weighted by molar-refractivity contribution is 6.31. The molecule has 2 amide bonds. The molecule has 1 aromatic heterocycles. The van der Waals surface area contributed by atoms with Gasteiger partial charge in [0.1, 0.15) is 6.54 Å². The van der Waals surface area contributed by atoms with Crippen molar-refractivity contribution in [2.45, 2.75) is 6.54 Å². The highest BCUT2D eigenvalue weighted by Crippen LogP contribution is 2.14. The van der Waals surface area contributed by atoms with E-state index < -0.39 is 24.4 Å². The van der Waals surface area contributed by atoms with Crippen molar-refractivity contribution in [2.24, 2.45) is 0 Å². The molecule has 0 saturated carbocycles. The Kier molecular flexibility index (Phi) is 6.39. The van der Waals surface area contributed by atoms with E-state index in [9.17, 15) is 14.4 Å². The second-order valence-corrected chi connectivity index (χ2v) is 5.10. The lowest BCUT2D eigenvalue weighted by Crippen LogP contribution is -2.33. The topological polar surface area (TPSA) is 97.6 Å². The summed E-state index contributed by atoms with van der Waals surface area (Å²) in [5.41, 5.74) is 0.754. The number of amides is 2. The molecule has 126 valence electrons. The van der Waals surface area contributed by atoms with E-state index in [2.05, 4.69) is 10.6 Å². The van der Waals surface area contributed by atoms with Gasteiger partial charge in [-0.05, 0) is 23.8 Å². The zero-order valence-electron chi connectivity index (χ0n) is 12.6. The highest BCUT2D eigenvalue weighted by Gasteiger charge is 2.12. The summed E-state index contributed by atoms with van der Waals surface area (Å²) in [4.78, 5) is 34.6. The molecule has 0 aliphatic carbocycles. The lowest BCUT2D eigenvalue weighted by atomic mass is 10.2. The van der Waals surface area contributed by atoms with E-state index in [1.165, 1.54) is 12.3 Å². The molecular weight excluding hydrogens is 336 g/mol. The fraction of sp³-hybridized carbons (Fsp3) is 0.188. The molecule has 0 aliphatic rings. The SMILES string of the molecule is O=C(COC(=O)CNC(=O)c1ccco1)NCc1ccccc1Cl. The number of rotatable bonds is 7. The molecule has 0 atom stereocenters. The molecule has 7 nitrogen and oxygen atoms in total. The standard InChI is InChI=1S/C16H15ClN2O5/c17-12-5-2-1-4-11(12)8-18-14(20)10-24-15(21)9-19-16(22)13-6-3-7-23-13/h1-7H,8-10H2,(H,18,20)(H,19,22). The van der Waals surface area contributed by atoms with Crippen LogP contribution in [-0.4, -0.2) is 30.9 Å². The third kappa shape index (κ3) is 5.44. The molecular formula is C16H15ClN2O5. The Morgan fingerprint density at radius 1 is 1.08 bits per heavy atom. The summed E-state index contributed by atoms with van der Waals surface area (Å²) < 4.78 is 9.63. The van der Waals surface area contributed by atoms with E-state index in [4.69, 9.17) is 20.8 Å². The van der Waals surface area contributed by atoms with Crippen LogP contribution in [0.3, 0.4) is 0 Å². The number of nitrogens with one attached hydrogen (secondary N) is 2. The Morgan fingerprint density at radius 3 is 2.58 bits per heavy atom. The van der Waals surface area contributed by atoms with Crippen LogP contribution in [0.15, 0.2) is 47.1 Å². The Labute approximate surface area is 142 Å². The van der Waals surface area contributed by atoms with Gasteiger partial charge in [-0.1, -0.05) is 29.8 Å². The summed E-state index contributed by atoms with van der Waals surface area (Å²) >= 11 is 5.96. The average Bonchev–Trinajstić information content (AvgIpc) is 3.11. The van der Waals surface area contributed by atoms with Crippen LogP contribution in [0.25, 0.3) is 0 Å². The van der Waals surface area contributed by atoms with Gasteiger partial charge in [0.2, 0.25) is 0 Å². The van der Waals surface area contributed by atoms with E-state index in [0.717, 1.165) is 5.56 Å². The van der Waals surface area contributed by atoms with Crippen LogP contribution < -0.4 is 10.6 Å². The molecule has 2 aromatic rings. The predicted octanol–water partition coefficient (Wildman–Crippen LogP) is 1.52. The molecule has 0 radical (unpaired) electrons. The second kappa shape index (κ2) is 8.73. The van der Waals surface area contributed by atoms with Gasteiger partial charge in [-0.2, -0.15) is 0 Å². The number of esters is 1. The lowest BCUT2D eigenvalue weighted by molar-refractivity contribution is -0.147. The quantitative estimate of drug-likeness (QED) is 0.738. The third-order valence-electron chi connectivity index (χ3n) is 2.94. The minimum Gasteiger partial charge on any atom is -0.459 e. The van der Waals surface area contributed by atoms with E-state index in [-0.39, 0.29) is 18.8 Å². The first-order valence-corrected chi connectivity index (χ1v) is 7.41. The maximum atomic E-state index is 11.6. The molecule has 8 heteroatoms. The van der Waals surface area contributed by atoms with Crippen molar-refractivity contribution in [1.82, 2.24) is 10.6 Å². The van der Waals surface area contributed by atoms with Gasteiger partial charge in [0, 0.05) is 11.6 Å². The number of halogens is 1. The molecule has 0 bridgehead atoms. The zero-order chi connectivity index (χ0) is 17.4. The number of carbonyl (C=O) groups is 3. The highest BCUT2D eigenvalue weighted by atomic mass is 35.5. The van der Waals surface area contributed by atoms with Crippen LogP contribution in [0.4, 0.5) is 0 Å². The monoisotopic (exact) mass is 350 g/mol. The van der Waals surface area contributed by atoms with Gasteiger partial charge in [0.05, 0.1) is 6.26 Å². The molecule has 0 saturated heterocycles. The second-order valence-electron chi connectivity index (χ2n) is 4.69. The van der Waals surface area contributed by atoms with Crippen LogP contribution in [0.5, 0.6) is 0 Å². The number of benzene rings is 1. The number of carbonyl (C=O) groups excluding carboxylic acids is 3. The molecule has 1 aromatic carbocycles. The van der Waals surface area contributed by atoms with Crippen molar-refractivity contribution < 1.29 is 23.5 Å². The summed E-state index contributed by atoms with van der Waals surface area (Å²) in [6.45, 7) is -0.581. The number of hydrogen-bond acceptors (Lipinski definition) is 5. The van der Waals surface area contributed by atoms with Crippen molar-refractivity contribution in [2.75, 3.05) is 13.2 Å². The van der Waals surface area contributed by atoms with Crippen molar-refractivity contribution in [3.8, 4) is 0 Å². The minimum atomic E-state index is -0.734. The van der Waals surface area contributed by atoms with Crippen LogP contribution in [-0.2, 0) is 20.9 Å². The van der Waals surface area contributed by atoms with Gasteiger partial charge >= 0.3 is 5.97 Å². The van der Waals surface area contributed by atoms with E-state index in [0.29, 0.717) is 5.02 Å². The first-order valence-electron chi connectivity index (χ1n) is 7.03. The largest absolute Gasteiger partial charge is 0.459 e. The van der Waals surface area contributed by atoms with Crippen LogP contribution in [0, 0.1) is 0 Å². The fourth-order valence-corrected chi connectivity index (χ4v) is 1.93.